The lowest BCUT2D eigenvalue weighted by molar-refractivity contribution is -0.0727. The van der Waals surface area contributed by atoms with Crippen LogP contribution in [0, 0.1) is 5.92 Å². The maximum atomic E-state index is 5.71. The van der Waals surface area contributed by atoms with Gasteiger partial charge in [0.2, 0.25) is 0 Å². The van der Waals surface area contributed by atoms with Crippen molar-refractivity contribution in [3.05, 3.63) is 0 Å². The molecule has 2 fully saturated rings. The molecule has 0 aromatic rings. The molecule has 20 heavy (non-hydrogen) atoms. The Hall–Kier alpha value is -0.120. The van der Waals surface area contributed by atoms with Crippen molar-refractivity contribution in [3.8, 4) is 0 Å². The zero-order valence-electron chi connectivity index (χ0n) is 14.4. The van der Waals surface area contributed by atoms with Crippen LogP contribution in [-0.2, 0) is 4.74 Å². The minimum Gasteiger partial charge on any atom is -0.378 e. The fourth-order valence-electron chi connectivity index (χ4n) is 3.49. The van der Waals surface area contributed by atoms with Crippen LogP contribution in [0.5, 0.6) is 0 Å². The smallest absolute Gasteiger partial charge is 0.0604 e. The minimum atomic E-state index is 0.343. The van der Waals surface area contributed by atoms with E-state index >= 15 is 0 Å². The average Bonchev–Trinajstić information content (AvgIpc) is 2.20. The van der Waals surface area contributed by atoms with Gasteiger partial charge in [-0.2, -0.15) is 0 Å². The third-order valence-corrected chi connectivity index (χ3v) is 4.98. The quantitative estimate of drug-likeness (QED) is 0.745. The Kier molecular flexibility index (Phi) is 5.14. The van der Waals surface area contributed by atoms with Crippen LogP contribution in [0.15, 0.2) is 0 Å². The van der Waals surface area contributed by atoms with Crippen LogP contribution in [0.3, 0.4) is 0 Å². The molecule has 0 aromatic heterocycles. The molecule has 0 bridgehead atoms. The topological polar surface area (TPSA) is 15.7 Å². The molecule has 118 valence electrons. The highest BCUT2D eigenvalue weighted by Gasteiger charge is 2.40. The van der Waals surface area contributed by atoms with Crippen molar-refractivity contribution in [1.82, 2.24) is 9.80 Å². The summed E-state index contributed by atoms with van der Waals surface area (Å²) in [6.07, 6.45) is 3.00. The number of rotatable bonds is 6. The summed E-state index contributed by atoms with van der Waals surface area (Å²) < 4.78 is 5.71. The van der Waals surface area contributed by atoms with E-state index in [1.807, 2.05) is 0 Å². The molecule has 1 saturated heterocycles. The van der Waals surface area contributed by atoms with E-state index in [0.29, 0.717) is 17.7 Å². The van der Waals surface area contributed by atoms with Crippen LogP contribution >= 0.6 is 0 Å². The highest BCUT2D eigenvalue weighted by molar-refractivity contribution is 4.94. The third-order valence-electron chi connectivity index (χ3n) is 4.98. The van der Waals surface area contributed by atoms with Crippen LogP contribution < -0.4 is 0 Å². The maximum absolute atomic E-state index is 5.71. The minimum absolute atomic E-state index is 0.343. The SMILES string of the molecule is CCO[C@H]1C[C@H](N(CC2CN(C(C)(C)C)C2)C(C)C)C1. The van der Waals surface area contributed by atoms with Crippen LogP contribution in [0.25, 0.3) is 0 Å². The standard InChI is InChI=1S/C17H34N2O/c1-7-20-16-8-15(9-16)19(13(2)3)12-14-10-18(11-14)17(4,5)6/h13-16H,7-12H2,1-6H3/t15-,16-. The van der Waals surface area contributed by atoms with Crippen LogP contribution in [0.1, 0.15) is 54.4 Å². The maximum Gasteiger partial charge on any atom is 0.0604 e. The van der Waals surface area contributed by atoms with Gasteiger partial charge in [0.25, 0.3) is 0 Å². The summed E-state index contributed by atoms with van der Waals surface area (Å²) in [4.78, 5) is 5.32. The molecule has 3 heteroatoms. The Balaban J connectivity index is 1.75. The first-order valence-corrected chi connectivity index (χ1v) is 8.43. The fourth-order valence-corrected chi connectivity index (χ4v) is 3.49. The second kappa shape index (κ2) is 6.33. The zero-order chi connectivity index (χ0) is 14.9. The number of hydrogen-bond donors (Lipinski definition) is 0. The van der Waals surface area contributed by atoms with Gasteiger partial charge in [-0.3, -0.25) is 9.80 Å². The van der Waals surface area contributed by atoms with E-state index in [1.165, 1.54) is 32.5 Å². The Bertz CT molecular complexity index is 299. The van der Waals surface area contributed by atoms with Crippen molar-refractivity contribution in [2.75, 3.05) is 26.2 Å². The molecule has 0 amide bonds. The van der Waals surface area contributed by atoms with E-state index < -0.39 is 0 Å². The Morgan fingerprint density at radius 3 is 2.25 bits per heavy atom. The van der Waals surface area contributed by atoms with E-state index in [2.05, 4.69) is 51.3 Å². The number of nitrogens with zero attached hydrogens (tertiary/aromatic N) is 2. The second-order valence-corrected chi connectivity index (χ2v) is 7.93. The monoisotopic (exact) mass is 282 g/mol. The van der Waals surface area contributed by atoms with Gasteiger partial charge in [0.15, 0.2) is 0 Å². The van der Waals surface area contributed by atoms with Gasteiger partial charge in [-0.05, 0) is 60.3 Å². The summed E-state index contributed by atoms with van der Waals surface area (Å²) in [6, 6.07) is 1.42. The molecule has 0 spiro atoms. The zero-order valence-corrected chi connectivity index (χ0v) is 14.4. The lowest BCUT2D eigenvalue weighted by Crippen LogP contribution is -2.61. The molecule has 0 atom stereocenters. The van der Waals surface area contributed by atoms with Gasteiger partial charge < -0.3 is 4.74 Å². The first kappa shape index (κ1) is 16.3. The molecule has 1 aliphatic heterocycles. The Labute approximate surface area is 125 Å². The fraction of sp³-hybridized carbons (Fsp3) is 1.00. The van der Waals surface area contributed by atoms with Crippen molar-refractivity contribution in [1.29, 1.82) is 0 Å². The van der Waals surface area contributed by atoms with Gasteiger partial charge in [-0.25, -0.2) is 0 Å². The van der Waals surface area contributed by atoms with Gasteiger partial charge in [-0.15, -0.1) is 0 Å². The normalized spacial score (nSPS) is 28.8. The molecule has 0 unspecified atom stereocenters. The van der Waals surface area contributed by atoms with E-state index in [0.717, 1.165) is 18.6 Å². The van der Waals surface area contributed by atoms with Gasteiger partial charge >= 0.3 is 0 Å². The molecule has 2 aliphatic rings. The van der Waals surface area contributed by atoms with Crippen molar-refractivity contribution < 1.29 is 4.74 Å². The number of hydrogen-bond acceptors (Lipinski definition) is 3. The van der Waals surface area contributed by atoms with E-state index in [9.17, 15) is 0 Å². The third kappa shape index (κ3) is 3.75. The van der Waals surface area contributed by atoms with Crippen LogP contribution in [0.2, 0.25) is 0 Å². The molecule has 3 nitrogen and oxygen atoms in total. The predicted molar refractivity (Wildman–Crippen MR) is 85.1 cm³/mol. The van der Waals surface area contributed by atoms with Gasteiger partial charge in [0.1, 0.15) is 0 Å². The summed E-state index contributed by atoms with van der Waals surface area (Å²) in [5, 5.41) is 0. The number of likely N-dealkylation sites (tertiary alicyclic amines) is 1. The Morgan fingerprint density at radius 1 is 1.20 bits per heavy atom. The van der Waals surface area contributed by atoms with E-state index in [-0.39, 0.29) is 0 Å². The van der Waals surface area contributed by atoms with Gasteiger partial charge in [0, 0.05) is 43.9 Å². The first-order valence-electron chi connectivity index (χ1n) is 8.43. The van der Waals surface area contributed by atoms with Crippen molar-refractivity contribution in [2.45, 2.75) is 78.1 Å². The van der Waals surface area contributed by atoms with Crippen LogP contribution in [0.4, 0.5) is 0 Å². The van der Waals surface area contributed by atoms with Crippen molar-refractivity contribution >= 4 is 0 Å². The number of ether oxygens (including phenoxy) is 1. The summed E-state index contributed by atoms with van der Waals surface area (Å²) in [5.74, 6) is 0.864. The van der Waals surface area contributed by atoms with Gasteiger partial charge in [-0.1, -0.05) is 0 Å². The summed E-state index contributed by atoms with van der Waals surface area (Å²) in [7, 11) is 0. The molecule has 1 aliphatic carbocycles. The Morgan fingerprint density at radius 2 is 1.80 bits per heavy atom. The molecular weight excluding hydrogens is 248 g/mol. The van der Waals surface area contributed by atoms with E-state index in [1.54, 1.807) is 0 Å². The molecule has 1 saturated carbocycles. The lowest BCUT2D eigenvalue weighted by Gasteiger charge is -2.52. The highest BCUT2D eigenvalue weighted by atomic mass is 16.5. The summed E-state index contributed by atoms with van der Waals surface area (Å²) in [6.45, 7) is 18.4. The average molecular weight is 282 g/mol. The summed E-state index contributed by atoms with van der Waals surface area (Å²) in [5.41, 5.74) is 0.343. The highest BCUT2D eigenvalue weighted by Crippen LogP contribution is 2.32. The first-order chi connectivity index (χ1) is 9.31. The molecule has 0 N–H and O–H groups in total. The van der Waals surface area contributed by atoms with E-state index in [4.69, 9.17) is 4.74 Å². The van der Waals surface area contributed by atoms with Crippen LogP contribution in [-0.4, -0.2) is 59.8 Å². The molecule has 0 aromatic carbocycles. The van der Waals surface area contributed by atoms with Crippen molar-refractivity contribution in [3.63, 3.8) is 0 Å². The second-order valence-electron chi connectivity index (χ2n) is 7.93. The molecular formula is C17H34N2O. The largest absolute Gasteiger partial charge is 0.378 e. The van der Waals surface area contributed by atoms with Crippen molar-refractivity contribution in [2.24, 2.45) is 5.92 Å². The predicted octanol–water partition coefficient (Wildman–Crippen LogP) is 2.99. The van der Waals surface area contributed by atoms with Gasteiger partial charge in [0.05, 0.1) is 6.10 Å². The molecule has 1 heterocycles. The summed E-state index contributed by atoms with van der Waals surface area (Å²) >= 11 is 0. The molecule has 2 rings (SSSR count). The molecule has 0 radical (unpaired) electrons. The lowest BCUT2D eigenvalue weighted by atomic mass is 9.85.